The van der Waals surface area contributed by atoms with Crippen molar-refractivity contribution in [1.82, 2.24) is 4.90 Å². The van der Waals surface area contributed by atoms with Crippen LogP contribution in [0.5, 0.6) is 0 Å². The van der Waals surface area contributed by atoms with Crippen LogP contribution in [0.25, 0.3) is 0 Å². The molecule has 0 unspecified atom stereocenters. The molecule has 0 aromatic heterocycles. The molecule has 0 heterocycles. The van der Waals surface area contributed by atoms with Gasteiger partial charge in [0.15, 0.2) is 0 Å². The van der Waals surface area contributed by atoms with Crippen molar-refractivity contribution in [3.8, 4) is 0 Å². The summed E-state index contributed by atoms with van der Waals surface area (Å²) in [6.45, 7) is 1.64. The number of halogens is 1. The van der Waals surface area contributed by atoms with Crippen LogP contribution < -0.4 is 5.73 Å². The molecule has 0 fully saturated rings. The maximum absolute atomic E-state index is 11.9. The first-order valence-corrected chi connectivity index (χ1v) is 6.67. The molecule has 1 aromatic carbocycles. The predicted octanol–water partition coefficient (Wildman–Crippen LogP) is 2.89. The van der Waals surface area contributed by atoms with Crippen molar-refractivity contribution in [3.05, 3.63) is 35.4 Å². The number of hydrogen-bond donors (Lipinski definition) is 1. The summed E-state index contributed by atoms with van der Waals surface area (Å²) in [7, 11) is 2.07. The van der Waals surface area contributed by atoms with E-state index >= 15 is 0 Å². The summed E-state index contributed by atoms with van der Waals surface area (Å²) in [5.74, 6) is 0. The van der Waals surface area contributed by atoms with E-state index < -0.39 is 0 Å². The second kappa shape index (κ2) is 8.16. The monoisotopic (exact) mass is 268 g/mol. The number of thiocarbonyl (C=S) groups is 1. The van der Waals surface area contributed by atoms with Gasteiger partial charge in [0.1, 0.15) is 4.99 Å². The van der Waals surface area contributed by atoms with Gasteiger partial charge in [0.05, 0.1) is 6.67 Å². The molecule has 0 atom stereocenters. The van der Waals surface area contributed by atoms with Gasteiger partial charge in [-0.1, -0.05) is 30.4 Å². The highest BCUT2D eigenvalue weighted by molar-refractivity contribution is 7.80. The normalized spacial score (nSPS) is 10.8. The Bertz CT molecular complexity index is 382. The van der Waals surface area contributed by atoms with Crippen LogP contribution in [0.3, 0.4) is 0 Å². The molecule has 0 saturated heterocycles. The Balaban J connectivity index is 2.41. The number of hydrogen-bond acceptors (Lipinski definition) is 2. The lowest BCUT2D eigenvalue weighted by atomic mass is 10.1. The zero-order valence-corrected chi connectivity index (χ0v) is 11.7. The predicted molar refractivity (Wildman–Crippen MR) is 78.5 cm³/mol. The van der Waals surface area contributed by atoms with Crippen LogP contribution in [0.15, 0.2) is 24.3 Å². The molecule has 2 nitrogen and oxygen atoms in total. The standard InChI is InChI=1S/C14H21FN2S/c1-17(9-4-2-3-8-15)11-12-6-5-7-13(10-12)14(16)18/h5-7,10H,2-4,8-9,11H2,1H3,(H2,16,18). The zero-order chi connectivity index (χ0) is 13.4. The van der Waals surface area contributed by atoms with Gasteiger partial charge in [0.2, 0.25) is 0 Å². The number of nitrogens with zero attached hydrogens (tertiary/aromatic N) is 1. The second-order valence-electron chi connectivity index (χ2n) is 4.55. The maximum Gasteiger partial charge on any atom is 0.103 e. The summed E-state index contributed by atoms with van der Waals surface area (Å²) in [5.41, 5.74) is 7.72. The average Bonchev–Trinajstić information content (AvgIpc) is 2.35. The quantitative estimate of drug-likeness (QED) is 0.580. The Hall–Kier alpha value is -1.00. The molecule has 0 amide bonds. The molecule has 0 bridgehead atoms. The molecule has 4 heteroatoms. The fourth-order valence-corrected chi connectivity index (χ4v) is 1.99. The Labute approximate surface area is 114 Å². The van der Waals surface area contributed by atoms with Gasteiger partial charge in [-0.25, -0.2) is 0 Å². The summed E-state index contributed by atoms with van der Waals surface area (Å²) >= 11 is 4.96. The van der Waals surface area contributed by atoms with Crippen LogP contribution in [0.4, 0.5) is 4.39 Å². The Morgan fingerprint density at radius 1 is 1.33 bits per heavy atom. The average molecular weight is 268 g/mol. The van der Waals surface area contributed by atoms with Gasteiger partial charge in [-0.3, -0.25) is 4.39 Å². The van der Waals surface area contributed by atoms with E-state index in [0.29, 0.717) is 11.4 Å². The van der Waals surface area contributed by atoms with E-state index in [2.05, 4.69) is 18.0 Å². The maximum atomic E-state index is 11.9. The van der Waals surface area contributed by atoms with E-state index in [1.165, 1.54) is 5.56 Å². The van der Waals surface area contributed by atoms with Crippen LogP contribution in [-0.4, -0.2) is 30.2 Å². The van der Waals surface area contributed by atoms with Crippen molar-refractivity contribution >= 4 is 17.2 Å². The number of rotatable bonds is 8. The first kappa shape index (κ1) is 15.1. The fraction of sp³-hybridized carbons (Fsp3) is 0.500. The molecule has 0 aliphatic carbocycles. The van der Waals surface area contributed by atoms with Crippen LogP contribution in [0.1, 0.15) is 30.4 Å². The second-order valence-corrected chi connectivity index (χ2v) is 4.99. The van der Waals surface area contributed by atoms with Gasteiger partial charge >= 0.3 is 0 Å². The molecular formula is C14H21FN2S. The first-order chi connectivity index (χ1) is 8.63. The molecule has 1 aromatic rings. The Kier molecular flexibility index (Phi) is 6.83. The van der Waals surface area contributed by atoms with Gasteiger partial charge in [-0.05, 0) is 44.5 Å². The van der Waals surface area contributed by atoms with E-state index in [1.54, 1.807) is 0 Å². The Morgan fingerprint density at radius 3 is 2.78 bits per heavy atom. The molecule has 0 aliphatic rings. The highest BCUT2D eigenvalue weighted by atomic mass is 32.1. The Morgan fingerprint density at radius 2 is 2.11 bits per heavy atom. The highest BCUT2D eigenvalue weighted by Gasteiger charge is 2.02. The smallest absolute Gasteiger partial charge is 0.103 e. The van der Waals surface area contributed by atoms with Crippen LogP contribution >= 0.6 is 12.2 Å². The number of unbranched alkanes of at least 4 members (excludes halogenated alkanes) is 2. The molecule has 18 heavy (non-hydrogen) atoms. The van der Waals surface area contributed by atoms with E-state index in [1.807, 2.05) is 18.2 Å². The third-order valence-electron chi connectivity index (χ3n) is 2.84. The van der Waals surface area contributed by atoms with Crippen molar-refractivity contribution in [2.75, 3.05) is 20.3 Å². The summed E-state index contributed by atoms with van der Waals surface area (Å²) in [6.07, 6.45) is 2.66. The fourth-order valence-electron chi connectivity index (χ4n) is 1.87. The largest absolute Gasteiger partial charge is 0.389 e. The van der Waals surface area contributed by atoms with Crippen molar-refractivity contribution < 1.29 is 4.39 Å². The minimum absolute atomic E-state index is 0.209. The van der Waals surface area contributed by atoms with E-state index in [-0.39, 0.29) is 6.67 Å². The number of benzene rings is 1. The molecule has 0 spiro atoms. The molecule has 1 rings (SSSR count). The van der Waals surface area contributed by atoms with Crippen molar-refractivity contribution in [1.29, 1.82) is 0 Å². The van der Waals surface area contributed by atoms with E-state index in [0.717, 1.165) is 31.5 Å². The van der Waals surface area contributed by atoms with Crippen LogP contribution in [0.2, 0.25) is 0 Å². The summed E-state index contributed by atoms with van der Waals surface area (Å²) < 4.78 is 11.9. The lowest BCUT2D eigenvalue weighted by Crippen LogP contribution is -2.19. The summed E-state index contributed by atoms with van der Waals surface area (Å²) in [4.78, 5) is 2.67. The van der Waals surface area contributed by atoms with E-state index in [9.17, 15) is 4.39 Å². The number of nitrogens with two attached hydrogens (primary N) is 1. The van der Waals surface area contributed by atoms with Gasteiger partial charge < -0.3 is 10.6 Å². The first-order valence-electron chi connectivity index (χ1n) is 6.26. The van der Waals surface area contributed by atoms with Crippen molar-refractivity contribution in [2.24, 2.45) is 5.73 Å². The van der Waals surface area contributed by atoms with Crippen molar-refractivity contribution in [3.63, 3.8) is 0 Å². The van der Waals surface area contributed by atoms with E-state index in [4.69, 9.17) is 18.0 Å². The number of alkyl halides is 1. The third-order valence-corrected chi connectivity index (χ3v) is 3.07. The third kappa shape index (κ3) is 5.56. The van der Waals surface area contributed by atoms with Gasteiger partial charge in [0.25, 0.3) is 0 Å². The lowest BCUT2D eigenvalue weighted by molar-refractivity contribution is 0.313. The molecule has 2 N–H and O–H groups in total. The lowest BCUT2D eigenvalue weighted by Gasteiger charge is -2.16. The minimum atomic E-state index is -0.209. The van der Waals surface area contributed by atoms with Gasteiger partial charge in [-0.2, -0.15) is 0 Å². The minimum Gasteiger partial charge on any atom is -0.389 e. The van der Waals surface area contributed by atoms with Gasteiger partial charge in [0, 0.05) is 12.1 Å². The molecular weight excluding hydrogens is 247 g/mol. The van der Waals surface area contributed by atoms with Gasteiger partial charge in [-0.15, -0.1) is 0 Å². The molecule has 0 aliphatic heterocycles. The topological polar surface area (TPSA) is 29.3 Å². The zero-order valence-electron chi connectivity index (χ0n) is 10.9. The summed E-state index contributed by atoms with van der Waals surface area (Å²) in [5, 5.41) is 0. The van der Waals surface area contributed by atoms with Crippen LogP contribution in [0, 0.1) is 0 Å². The van der Waals surface area contributed by atoms with Crippen molar-refractivity contribution in [2.45, 2.75) is 25.8 Å². The van der Waals surface area contributed by atoms with Crippen LogP contribution in [-0.2, 0) is 6.54 Å². The SMILES string of the molecule is CN(CCCCCF)Cc1cccc(C(N)=S)c1. The summed E-state index contributed by atoms with van der Waals surface area (Å²) in [6, 6.07) is 7.99. The highest BCUT2D eigenvalue weighted by Crippen LogP contribution is 2.08. The molecule has 100 valence electrons. The molecule has 0 radical (unpaired) electrons. The molecule has 0 saturated carbocycles.